The Hall–Kier alpha value is -2.88. The standard InChI is InChI=1S/C19H18F3N3O4/c1-16(28,19(20,21)22)14(26)25-18-7-17(8-18,9-18)15(27)24-12-4-2-11(3-5-12)13-6-23-10-29-13/h2-6,10,28H,7-9H2,1H3,(H,24,27)(H,25,26). The summed E-state index contributed by atoms with van der Waals surface area (Å²) in [7, 11) is 0. The Labute approximate surface area is 163 Å². The molecule has 5 rings (SSSR count). The van der Waals surface area contributed by atoms with Gasteiger partial charge in [0.2, 0.25) is 11.5 Å². The van der Waals surface area contributed by atoms with Gasteiger partial charge in [-0.15, -0.1) is 0 Å². The second-order valence-electron chi connectivity index (χ2n) is 8.01. The maximum atomic E-state index is 12.8. The molecule has 3 aliphatic carbocycles. The molecule has 0 aliphatic heterocycles. The van der Waals surface area contributed by atoms with E-state index in [1.165, 1.54) is 6.39 Å². The number of nitrogens with zero attached hydrogens (tertiary/aromatic N) is 1. The van der Waals surface area contributed by atoms with Crippen molar-refractivity contribution in [3.8, 4) is 11.3 Å². The number of carbonyl (C=O) groups excluding carboxylic acids is 2. The van der Waals surface area contributed by atoms with Crippen LogP contribution in [0.25, 0.3) is 11.3 Å². The Morgan fingerprint density at radius 3 is 2.31 bits per heavy atom. The maximum absolute atomic E-state index is 12.8. The zero-order valence-corrected chi connectivity index (χ0v) is 15.3. The molecular formula is C19H18F3N3O4. The minimum Gasteiger partial charge on any atom is -0.444 e. The van der Waals surface area contributed by atoms with Crippen molar-refractivity contribution < 1.29 is 32.3 Å². The highest BCUT2D eigenvalue weighted by atomic mass is 19.4. The van der Waals surface area contributed by atoms with Gasteiger partial charge < -0.3 is 20.2 Å². The number of aliphatic hydroxyl groups is 1. The van der Waals surface area contributed by atoms with E-state index in [2.05, 4.69) is 15.6 Å². The van der Waals surface area contributed by atoms with Gasteiger partial charge in [-0.1, -0.05) is 0 Å². The van der Waals surface area contributed by atoms with E-state index < -0.39 is 28.6 Å². The van der Waals surface area contributed by atoms with E-state index in [1.54, 1.807) is 30.5 Å². The van der Waals surface area contributed by atoms with E-state index in [0.29, 0.717) is 18.4 Å². The largest absolute Gasteiger partial charge is 0.444 e. The van der Waals surface area contributed by atoms with Crippen LogP contribution in [0.1, 0.15) is 26.2 Å². The molecule has 2 bridgehead atoms. The van der Waals surface area contributed by atoms with Gasteiger partial charge in [-0.3, -0.25) is 9.59 Å². The summed E-state index contributed by atoms with van der Waals surface area (Å²) in [6, 6.07) is 6.94. The summed E-state index contributed by atoms with van der Waals surface area (Å²) in [5.74, 6) is -1.15. The number of rotatable bonds is 5. The minimum atomic E-state index is -5.08. The number of oxazole rings is 1. The van der Waals surface area contributed by atoms with Crippen molar-refractivity contribution in [1.29, 1.82) is 0 Å². The quantitative estimate of drug-likeness (QED) is 0.704. The maximum Gasteiger partial charge on any atom is 0.426 e. The van der Waals surface area contributed by atoms with Crippen LogP contribution in [-0.2, 0) is 9.59 Å². The van der Waals surface area contributed by atoms with Crippen LogP contribution < -0.4 is 10.6 Å². The lowest BCUT2D eigenvalue weighted by molar-refractivity contribution is -0.249. The van der Waals surface area contributed by atoms with Gasteiger partial charge in [0.25, 0.3) is 5.91 Å². The van der Waals surface area contributed by atoms with Crippen LogP contribution in [0.3, 0.4) is 0 Å². The number of aromatic nitrogens is 1. The molecule has 3 saturated carbocycles. The fourth-order valence-electron chi connectivity index (χ4n) is 3.99. The number of benzene rings is 1. The number of alkyl halides is 3. The van der Waals surface area contributed by atoms with E-state index in [-0.39, 0.29) is 25.2 Å². The Morgan fingerprint density at radius 1 is 1.17 bits per heavy atom. The highest BCUT2D eigenvalue weighted by Crippen LogP contribution is 2.67. The first-order valence-electron chi connectivity index (χ1n) is 8.89. The van der Waals surface area contributed by atoms with Crippen LogP contribution in [-0.4, -0.2) is 39.2 Å². The van der Waals surface area contributed by atoms with Crippen LogP contribution in [0.15, 0.2) is 41.3 Å². The lowest BCUT2D eigenvalue weighted by atomic mass is 9.39. The first kappa shape index (κ1) is 19.4. The molecule has 0 spiro atoms. The second kappa shape index (κ2) is 6.06. The lowest BCUT2D eigenvalue weighted by Crippen LogP contribution is -2.79. The molecule has 3 fully saturated rings. The van der Waals surface area contributed by atoms with Crippen LogP contribution in [0, 0.1) is 5.41 Å². The van der Waals surface area contributed by atoms with Crippen molar-refractivity contribution in [3.05, 3.63) is 36.9 Å². The van der Waals surface area contributed by atoms with Crippen molar-refractivity contribution in [2.24, 2.45) is 5.41 Å². The number of hydrogen-bond donors (Lipinski definition) is 3. The van der Waals surface area contributed by atoms with E-state index in [4.69, 9.17) is 4.42 Å². The number of nitrogens with one attached hydrogen (secondary N) is 2. The number of hydrogen-bond acceptors (Lipinski definition) is 5. The third kappa shape index (κ3) is 3.07. The number of halogens is 3. The Morgan fingerprint density at radius 2 is 1.79 bits per heavy atom. The molecule has 1 unspecified atom stereocenters. The first-order valence-corrected chi connectivity index (χ1v) is 8.89. The lowest BCUT2D eigenvalue weighted by Gasteiger charge is -2.69. The second-order valence-corrected chi connectivity index (χ2v) is 8.01. The molecule has 1 heterocycles. The molecule has 3 N–H and O–H groups in total. The first-order chi connectivity index (χ1) is 13.5. The van der Waals surface area contributed by atoms with Crippen molar-refractivity contribution in [2.75, 3.05) is 5.32 Å². The Balaban J connectivity index is 1.33. The van der Waals surface area contributed by atoms with Crippen LogP contribution in [0.4, 0.5) is 18.9 Å². The minimum absolute atomic E-state index is 0.238. The molecule has 10 heteroatoms. The molecule has 0 radical (unpaired) electrons. The van der Waals surface area contributed by atoms with Crippen molar-refractivity contribution >= 4 is 17.5 Å². The van der Waals surface area contributed by atoms with E-state index in [9.17, 15) is 27.9 Å². The summed E-state index contributed by atoms with van der Waals surface area (Å²) in [6.07, 6.45) is -1.48. The normalized spacial score (nSPS) is 27.2. The molecule has 1 aromatic heterocycles. The molecule has 29 heavy (non-hydrogen) atoms. The smallest absolute Gasteiger partial charge is 0.426 e. The van der Waals surface area contributed by atoms with Crippen molar-refractivity contribution in [1.82, 2.24) is 10.3 Å². The van der Waals surface area contributed by atoms with Crippen LogP contribution in [0.2, 0.25) is 0 Å². The molecule has 1 atom stereocenters. The van der Waals surface area contributed by atoms with E-state index in [1.807, 2.05) is 0 Å². The molecule has 154 valence electrons. The molecule has 2 amide bonds. The van der Waals surface area contributed by atoms with Crippen LogP contribution in [0.5, 0.6) is 0 Å². The third-order valence-electron chi connectivity index (χ3n) is 5.74. The molecular weight excluding hydrogens is 391 g/mol. The predicted octanol–water partition coefficient (Wildman–Crippen LogP) is 2.63. The number of carbonyl (C=O) groups is 2. The Kier molecular flexibility index (Phi) is 4.06. The molecule has 1 aromatic carbocycles. The highest BCUT2D eigenvalue weighted by molar-refractivity contribution is 5.99. The zero-order chi connectivity index (χ0) is 21.1. The third-order valence-corrected chi connectivity index (χ3v) is 5.74. The van der Waals surface area contributed by atoms with Gasteiger partial charge in [0.05, 0.1) is 11.6 Å². The zero-order valence-electron chi connectivity index (χ0n) is 15.3. The molecule has 0 saturated heterocycles. The van der Waals surface area contributed by atoms with Crippen LogP contribution >= 0.6 is 0 Å². The fourth-order valence-corrected chi connectivity index (χ4v) is 3.99. The summed E-state index contributed by atoms with van der Waals surface area (Å²) in [5, 5.41) is 14.5. The van der Waals surface area contributed by atoms with Gasteiger partial charge in [-0.25, -0.2) is 4.98 Å². The summed E-state index contributed by atoms with van der Waals surface area (Å²) < 4.78 is 43.5. The average Bonchev–Trinajstić information content (AvgIpc) is 3.10. The van der Waals surface area contributed by atoms with Crippen molar-refractivity contribution in [2.45, 2.75) is 43.5 Å². The van der Waals surface area contributed by atoms with Crippen molar-refractivity contribution in [3.63, 3.8) is 0 Å². The Bertz CT molecular complexity index is 932. The van der Waals surface area contributed by atoms with Gasteiger partial charge >= 0.3 is 6.18 Å². The summed E-state index contributed by atoms with van der Waals surface area (Å²) in [4.78, 5) is 28.3. The number of amides is 2. The molecule has 2 aromatic rings. The van der Waals surface area contributed by atoms with Gasteiger partial charge in [-0.2, -0.15) is 13.2 Å². The monoisotopic (exact) mass is 409 g/mol. The summed E-state index contributed by atoms with van der Waals surface area (Å²) in [5.41, 5.74) is -3.67. The highest BCUT2D eigenvalue weighted by Gasteiger charge is 2.73. The topological polar surface area (TPSA) is 104 Å². The summed E-state index contributed by atoms with van der Waals surface area (Å²) >= 11 is 0. The fraction of sp³-hybridized carbons (Fsp3) is 0.421. The van der Waals surface area contributed by atoms with Gasteiger partial charge in [0.15, 0.2) is 12.2 Å². The average molecular weight is 409 g/mol. The summed E-state index contributed by atoms with van der Waals surface area (Å²) in [6.45, 7) is 0.415. The number of anilines is 1. The van der Waals surface area contributed by atoms with Gasteiger partial charge in [0, 0.05) is 16.8 Å². The predicted molar refractivity (Wildman–Crippen MR) is 94.4 cm³/mol. The molecule has 7 nitrogen and oxygen atoms in total. The van der Waals surface area contributed by atoms with Gasteiger partial charge in [-0.05, 0) is 50.5 Å². The van der Waals surface area contributed by atoms with E-state index >= 15 is 0 Å². The van der Waals surface area contributed by atoms with Gasteiger partial charge in [0.1, 0.15) is 0 Å². The SMILES string of the molecule is CC(O)(C(=O)NC12CC(C(=O)Nc3ccc(-c4cnco4)cc3)(C1)C2)C(F)(F)F. The molecule has 3 aliphatic rings. The van der Waals surface area contributed by atoms with E-state index in [0.717, 1.165) is 5.56 Å².